The zero-order valence-electron chi connectivity index (χ0n) is 6.45. The highest BCUT2D eigenvalue weighted by Crippen LogP contribution is 2.32. The molecule has 0 amide bonds. The smallest absolute Gasteiger partial charge is 0.0669 e. The number of nitrogens with one attached hydrogen (secondary N) is 1. The molecule has 1 aromatic carbocycles. The van der Waals surface area contributed by atoms with Gasteiger partial charge in [0.1, 0.15) is 0 Å². The molecular formula is C9H10ClN. The van der Waals surface area contributed by atoms with E-state index in [1.54, 1.807) is 0 Å². The number of fused-ring (bicyclic) bond motifs is 1. The van der Waals surface area contributed by atoms with Gasteiger partial charge in [-0.05, 0) is 24.5 Å². The minimum atomic E-state index is 0.889. The van der Waals surface area contributed by atoms with Crippen molar-refractivity contribution < 1.29 is 0 Å². The van der Waals surface area contributed by atoms with E-state index in [1.807, 2.05) is 6.92 Å². The second-order valence-corrected chi connectivity index (χ2v) is 3.29. The van der Waals surface area contributed by atoms with Crippen LogP contribution in [0.5, 0.6) is 0 Å². The molecule has 0 radical (unpaired) electrons. The number of anilines is 1. The Hall–Kier alpha value is -0.690. The number of halogens is 1. The first-order chi connectivity index (χ1) is 5.29. The Bertz CT molecular complexity index is 294. The normalized spacial score (nSPS) is 14.4. The van der Waals surface area contributed by atoms with Crippen LogP contribution in [0.2, 0.25) is 5.02 Å². The predicted molar refractivity (Wildman–Crippen MR) is 48.4 cm³/mol. The third-order valence-electron chi connectivity index (χ3n) is 2.12. The number of hydrogen-bond acceptors (Lipinski definition) is 1. The summed E-state index contributed by atoms with van der Waals surface area (Å²) in [6, 6.07) is 4.23. The van der Waals surface area contributed by atoms with Crippen LogP contribution in [-0.4, -0.2) is 6.54 Å². The fraction of sp³-hybridized carbons (Fsp3) is 0.333. The van der Waals surface area contributed by atoms with Crippen molar-refractivity contribution in [3.8, 4) is 0 Å². The number of rotatable bonds is 0. The molecule has 1 nitrogen and oxygen atoms in total. The van der Waals surface area contributed by atoms with Crippen LogP contribution in [0.4, 0.5) is 5.69 Å². The molecule has 0 saturated heterocycles. The van der Waals surface area contributed by atoms with Crippen LogP contribution < -0.4 is 5.32 Å². The third kappa shape index (κ3) is 1.000. The largest absolute Gasteiger partial charge is 0.383 e. The summed E-state index contributed by atoms with van der Waals surface area (Å²) < 4.78 is 0. The van der Waals surface area contributed by atoms with Gasteiger partial charge in [-0.2, -0.15) is 0 Å². The van der Waals surface area contributed by atoms with Crippen molar-refractivity contribution in [3.63, 3.8) is 0 Å². The molecule has 58 valence electrons. The lowest BCUT2D eigenvalue weighted by Gasteiger charge is -2.04. The molecular weight excluding hydrogens is 158 g/mol. The molecule has 2 heteroatoms. The second kappa shape index (κ2) is 2.42. The van der Waals surface area contributed by atoms with Crippen molar-refractivity contribution in [1.82, 2.24) is 0 Å². The van der Waals surface area contributed by atoms with Gasteiger partial charge in [-0.25, -0.2) is 0 Å². The van der Waals surface area contributed by atoms with Crippen molar-refractivity contribution in [2.45, 2.75) is 13.3 Å². The Morgan fingerprint density at radius 3 is 3.09 bits per heavy atom. The molecule has 0 unspecified atom stereocenters. The van der Waals surface area contributed by atoms with Gasteiger partial charge in [0.2, 0.25) is 0 Å². The zero-order chi connectivity index (χ0) is 7.84. The Balaban J connectivity index is 2.62. The van der Waals surface area contributed by atoms with Gasteiger partial charge in [0.15, 0.2) is 0 Å². The molecule has 1 aliphatic rings. The predicted octanol–water partition coefficient (Wildman–Crippen LogP) is 2.62. The molecule has 2 rings (SSSR count). The topological polar surface area (TPSA) is 12.0 Å². The van der Waals surface area contributed by atoms with Crippen molar-refractivity contribution >= 4 is 17.3 Å². The average Bonchev–Trinajstić information content (AvgIpc) is 2.45. The molecule has 1 aliphatic heterocycles. The summed E-state index contributed by atoms with van der Waals surface area (Å²) in [7, 11) is 0. The number of hydrogen-bond donors (Lipinski definition) is 1. The average molecular weight is 168 g/mol. The van der Waals surface area contributed by atoms with Gasteiger partial charge in [-0.15, -0.1) is 0 Å². The molecule has 1 aromatic rings. The van der Waals surface area contributed by atoms with Crippen molar-refractivity contribution in [2.75, 3.05) is 11.9 Å². The molecule has 0 bridgehead atoms. The zero-order valence-corrected chi connectivity index (χ0v) is 7.20. The summed E-state index contributed by atoms with van der Waals surface area (Å²) in [5.41, 5.74) is 3.65. The van der Waals surface area contributed by atoms with Crippen LogP contribution in [-0.2, 0) is 6.42 Å². The van der Waals surface area contributed by atoms with E-state index in [-0.39, 0.29) is 0 Å². The van der Waals surface area contributed by atoms with Gasteiger partial charge < -0.3 is 5.32 Å². The maximum absolute atomic E-state index is 6.08. The lowest BCUT2D eigenvalue weighted by atomic mass is 10.1. The van der Waals surface area contributed by atoms with Crippen LogP contribution in [0.25, 0.3) is 0 Å². The quantitative estimate of drug-likeness (QED) is 0.627. The SMILES string of the molecule is Cc1ccc2c(c1Cl)NCC2. The molecule has 0 fully saturated rings. The van der Waals surface area contributed by atoms with Crippen molar-refractivity contribution in [1.29, 1.82) is 0 Å². The van der Waals surface area contributed by atoms with Crippen LogP contribution in [0.15, 0.2) is 12.1 Å². The fourth-order valence-corrected chi connectivity index (χ4v) is 1.69. The molecule has 0 spiro atoms. The van der Waals surface area contributed by atoms with Gasteiger partial charge in [0, 0.05) is 6.54 Å². The second-order valence-electron chi connectivity index (χ2n) is 2.91. The summed E-state index contributed by atoms with van der Waals surface area (Å²) in [5, 5.41) is 4.17. The van der Waals surface area contributed by atoms with E-state index in [1.165, 1.54) is 5.56 Å². The van der Waals surface area contributed by atoms with Gasteiger partial charge in [-0.3, -0.25) is 0 Å². The van der Waals surface area contributed by atoms with E-state index in [0.29, 0.717) is 0 Å². The first kappa shape index (κ1) is 6.99. The van der Waals surface area contributed by atoms with E-state index < -0.39 is 0 Å². The van der Waals surface area contributed by atoms with Gasteiger partial charge in [0.05, 0.1) is 10.7 Å². The van der Waals surface area contributed by atoms with Gasteiger partial charge in [0.25, 0.3) is 0 Å². The van der Waals surface area contributed by atoms with Crippen LogP contribution in [0.3, 0.4) is 0 Å². The van der Waals surface area contributed by atoms with E-state index in [9.17, 15) is 0 Å². The van der Waals surface area contributed by atoms with Gasteiger partial charge in [-0.1, -0.05) is 23.7 Å². The van der Waals surface area contributed by atoms with E-state index in [4.69, 9.17) is 11.6 Å². The summed E-state index contributed by atoms with van der Waals surface area (Å²) >= 11 is 6.08. The number of benzene rings is 1. The van der Waals surface area contributed by atoms with E-state index >= 15 is 0 Å². The van der Waals surface area contributed by atoms with Crippen molar-refractivity contribution in [2.24, 2.45) is 0 Å². The lowest BCUT2D eigenvalue weighted by Crippen LogP contribution is -1.92. The van der Waals surface area contributed by atoms with E-state index in [0.717, 1.165) is 29.2 Å². The third-order valence-corrected chi connectivity index (χ3v) is 2.60. The van der Waals surface area contributed by atoms with E-state index in [2.05, 4.69) is 17.4 Å². The Labute approximate surface area is 71.4 Å². The van der Waals surface area contributed by atoms with Crippen LogP contribution in [0, 0.1) is 6.92 Å². The maximum atomic E-state index is 6.08. The van der Waals surface area contributed by atoms with Crippen LogP contribution in [0.1, 0.15) is 11.1 Å². The Morgan fingerprint density at radius 2 is 2.27 bits per heavy atom. The first-order valence-corrected chi connectivity index (χ1v) is 4.18. The first-order valence-electron chi connectivity index (χ1n) is 3.81. The summed E-state index contributed by atoms with van der Waals surface area (Å²) in [4.78, 5) is 0. The van der Waals surface area contributed by atoms with Crippen molar-refractivity contribution in [3.05, 3.63) is 28.3 Å². The molecule has 0 aliphatic carbocycles. The summed E-state index contributed by atoms with van der Waals surface area (Å²) in [6.07, 6.45) is 1.11. The Morgan fingerprint density at radius 1 is 1.45 bits per heavy atom. The van der Waals surface area contributed by atoms with Gasteiger partial charge >= 0.3 is 0 Å². The summed E-state index contributed by atoms with van der Waals surface area (Å²) in [5.74, 6) is 0. The molecule has 1 N–H and O–H groups in total. The monoisotopic (exact) mass is 167 g/mol. The molecule has 11 heavy (non-hydrogen) atoms. The highest BCUT2D eigenvalue weighted by Gasteiger charge is 2.13. The minimum absolute atomic E-state index is 0.889. The standard InChI is InChI=1S/C9H10ClN/c1-6-2-3-7-4-5-11-9(7)8(6)10/h2-3,11H,4-5H2,1H3. The fourth-order valence-electron chi connectivity index (χ4n) is 1.44. The molecule has 1 heterocycles. The molecule has 0 atom stereocenters. The minimum Gasteiger partial charge on any atom is -0.383 e. The highest BCUT2D eigenvalue weighted by atomic mass is 35.5. The highest BCUT2D eigenvalue weighted by molar-refractivity contribution is 6.34. The molecule has 0 aromatic heterocycles. The Kier molecular flexibility index (Phi) is 1.53. The summed E-state index contributed by atoms with van der Waals surface area (Å²) in [6.45, 7) is 3.06. The maximum Gasteiger partial charge on any atom is 0.0669 e. The lowest BCUT2D eigenvalue weighted by molar-refractivity contribution is 1.11. The van der Waals surface area contributed by atoms with Crippen LogP contribution >= 0.6 is 11.6 Å². The number of aryl methyl sites for hydroxylation is 1. The molecule has 0 saturated carbocycles.